The monoisotopic (exact) mass is 294 g/mol. The van der Waals surface area contributed by atoms with Crippen LogP contribution in [0.15, 0.2) is 42.5 Å². The van der Waals surface area contributed by atoms with Gasteiger partial charge < -0.3 is 4.74 Å². The molecule has 0 radical (unpaired) electrons. The molecule has 0 fully saturated rings. The molecule has 0 saturated heterocycles. The maximum Gasteiger partial charge on any atom is 0.271 e. The Kier molecular flexibility index (Phi) is 3.81. The Morgan fingerprint density at radius 1 is 0.900 bits per heavy atom. The normalized spacial score (nSPS) is 10.1. The topological polar surface area (TPSA) is 95.5 Å². The van der Waals surface area contributed by atoms with Crippen molar-refractivity contribution < 1.29 is 14.6 Å². The molecular weight excluding hydrogens is 288 g/mol. The number of ether oxygens (including phenoxy) is 1. The van der Waals surface area contributed by atoms with Gasteiger partial charge in [0.15, 0.2) is 0 Å². The Balaban J connectivity index is 2.21. The SMILES string of the molecule is O=[N+]([O-])c1ccc(Oc2ccc([N+](=O)[O-])cc2Cl)cc1. The maximum atomic E-state index is 10.6. The number of hydrogen-bond donors (Lipinski definition) is 0. The number of halogens is 1. The standard InChI is InChI=1S/C12H7ClN2O5/c13-11-7-9(15(18)19)3-6-12(11)20-10-4-1-8(2-5-10)14(16)17/h1-7H. The van der Waals surface area contributed by atoms with Gasteiger partial charge in [-0.3, -0.25) is 20.2 Å². The Hall–Kier alpha value is -2.67. The number of nitro benzene ring substituents is 2. The first kappa shape index (κ1) is 13.8. The minimum absolute atomic E-state index is 0.0628. The summed E-state index contributed by atoms with van der Waals surface area (Å²) < 4.78 is 5.40. The highest BCUT2D eigenvalue weighted by atomic mass is 35.5. The maximum absolute atomic E-state index is 10.6. The Labute approximate surface area is 117 Å². The van der Waals surface area contributed by atoms with Crippen molar-refractivity contribution in [2.45, 2.75) is 0 Å². The van der Waals surface area contributed by atoms with Crippen LogP contribution in [0.3, 0.4) is 0 Å². The summed E-state index contributed by atoms with van der Waals surface area (Å²) in [6, 6.07) is 9.19. The van der Waals surface area contributed by atoms with Gasteiger partial charge in [-0.05, 0) is 18.2 Å². The Bertz CT molecular complexity index is 672. The van der Waals surface area contributed by atoms with Crippen molar-refractivity contribution in [1.29, 1.82) is 0 Å². The largest absolute Gasteiger partial charge is 0.456 e. The number of benzene rings is 2. The van der Waals surface area contributed by atoms with E-state index >= 15 is 0 Å². The van der Waals surface area contributed by atoms with E-state index in [9.17, 15) is 20.2 Å². The predicted octanol–water partition coefficient (Wildman–Crippen LogP) is 3.95. The van der Waals surface area contributed by atoms with E-state index in [4.69, 9.17) is 16.3 Å². The van der Waals surface area contributed by atoms with E-state index in [1.807, 2.05) is 0 Å². The van der Waals surface area contributed by atoms with Gasteiger partial charge in [-0.25, -0.2) is 0 Å². The molecule has 0 aliphatic rings. The van der Waals surface area contributed by atoms with Crippen molar-refractivity contribution in [2.24, 2.45) is 0 Å². The third-order valence-corrected chi connectivity index (χ3v) is 2.70. The summed E-state index contributed by atoms with van der Waals surface area (Å²) in [5.74, 6) is 0.567. The van der Waals surface area contributed by atoms with Crippen LogP contribution >= 0.6 is 11.6 Å². The Morgan fingerprint density at radius 3 is 1.95 bits per heavy atom. The molecule has 0 spiro atoms. The van der Waals surface area contributed by atoms with E-state index in [0.29, 0.717) is 5.75 Å². The highest BCUT2D eigenvalue weighted by Crippen LogP contribution is 2.32. The molecule has 0 atom stereocenters. The van der Waals surface area contributed by atoms with Gasteiger partial charge in [-0.2, -0.15) is 0 Å². The summed E-state index contributed by atoms with van der Waals surface area (Å²) in [5.41, 5.74) is -0.210. The number of nitro groups is 2. The molecule has 0 unspecified atom stereocenters. The summed E-state index contributed by atoms with van der Waals surface area (Å²) >= 11 is 5.87. The molecular formula is C12H7ClN2O5. The van der Waals surface area contributed by atoms with Gasteiger partial charge in [0, 0.05) is 24.3 Å². The second-order valence-corrected chi connectivity index (χ2v) is 4.13. The lowest BCUT2D eigenvalue weighted by Gasteiger charge is -2.06. The van der Waals surface area contributed by atoms with Crippen LogP contribution in [0.1, 0.15) is 0 Å². The molecule has 0 saturated carbocycles. The quantitative estimate of drug-likeness (QED) is 0.628. The van der Waals surface area contributed by atoms with Crippen molar-refractivity contribution in [3.05, 3.63) is 67.7 Å². The van der Waals surface area contributed by atoms with E-state index in [1.165, 1.54) is 42.5 Å². The van der Waals surface area contributed by atoms with E-state index in [0.717, 1.165) is 0 Å². The molecule has 0 amide bonds. The van der Waals surface area contributed by atoms with Gasteiger partial charge in [0.05, 0.1) is 14.9 Å². The van der Waals surface area contributed by atoms with Crippen LogP contribution in [0.4, 0.5) is 11.4 Å². The minimum Gasteiger partial charge on any atom is -0.456 e. The number of rotatable bonds is 4. The molecule has 102 valence electrons. The van der Waals surface area contributed by atoms with Crippen LogP contribution in [0.25, 0.3) is 0 Å². The van der Waals surface area contributed by atoms with E-state index < -0.39 is 9.85 Å². The lowest BCUT2D eigenvalue weighted by atomic mass is 10.3. The zero-order chi connectivity index (χ0) is 14.7. The van der Waals surface area contributed by atoms with Crippen molar-refractivity contribution in [1.82, 2.24) is 0 Å². The summed E-state index contributed by atoms with van der Waals surface area (Å²) in [6.07, 6.45) is 0. The van der Waals surface area contributed by atoms with Crippen molar-refractivity contribution >= 4 is 23.0 Å². The minimum atomic E-state index is -0.568. The second-order valence-electron chi connectivity index (χ2n) is 3.72. The van der Waals surface area contributed by atoms with Crippen LogP contribution < -0.4 is 4.74 Å². The number of hydrogen-bond acceptors (Lipinski definition) is 5. The second kappa shape index (κ2) is 5.54. The number of nitrogens with zero attached hydrogens (tertiary/aromatic N) is 2. The zero-order valence-electron chi connectivity index (χ0n) is 9.86. The molecule has 0 aliphatic carbocycles. The fraction of sp³-hybridized carbons (Fsp3) is 0. The smallest absolute Gasteiger partial charge is 0.271 e. The molecule has 2 aromatic carbocycles. The molecule has 2 rings (SSSR count). The highest BCUT2D eigenvalue weighted by molar-refractivity contribution is 6.32. The summed E-state index contributed by atoms with van der Waals surface area (Å²) in [6.45, 7) is 0. The third-order valence-electron chi connectivity index (χ3n) is 2.40. The predicted molar refractivity (Wildman–Crippen MR) is 71.3 cm³/mol. The number of non-ortho nitro benzene ring substituents is 2. The summed E-state index contributed by atoms with van der Waals surface area (Å²) in [4.78, 5) is 20.0. The van der Waals surface area contributed by atoms with Crippen LogP contribution in [0.5, 0.6) is 11.5 Å². The van der Waals surface area contributed by atoms with Gasteiger partial charge in [0.25, 0.3) is 11.4 Å². The molecule has 20 heavy (non-hydrogen) atoms. The van der Waals surface area contributed by atoms with Crippen molar-refractivity contribution in [2.75, 3.05) is 0 Å². The van der Waals surface area contributed by atoms with E-state index in [-0.39, 0.29) is 22.1 Å². The molecule has 0 aliphatic heterocycles. The lowest BCUT2D eigenvalue weighted by Crippen LogP contribution is -1.91. The van der Waals surface area contributed by atoms with E-state index in [1.54, 1.807) is 0 Å². The average molecular weight is 295 g/mol. The first-order valence-electron chi connectivity index (χ1n) is 5.33. The Morgan fingerprint density at radius 2 is 1.45 bits per heavy atom. The average Bonchev–Trinajstić information content (AvgIpc) is 2.41. The first-order valence-corrected chi connectivity index (χ1v) is 5.71. The third kappa shape index (κ3) is 3.01. The molecule has 0 aromatic heterocycles. The molecule has 8 heteroatoms. The molecule has 0 bridgehead atoms. The summed E-state index contributed by atoms with van der Waals surface area (Å²) in [7, 11) is 0. The van der Waals surface area contributed by atoms with Gasteiger partial charge >= 0.3 is 0 Å². The fourth-order valence-corrected chi connectivity index (χ4v) is 1.66. The van der Waals surface area contributed by atoms with Crippen molar-refractivity contribution in [3.8, 4) is 11.5 Å². The highest BCUT2D eigenvalue weighted by Gasteiger charge is 2.11. The van der Waals surface area contributed by atoms with Crippen LogP contribution in [0, 0.1) is 20.2 Å². The molecule has 0 heterocycles. The fourth-order valence-electron chi connectivity index (χ4n) is 1.45. The van der Waals surface area contributed by atoms with Crippen LogP contribution in [-0.4, -0.2) is 9.85 Å². The van der Waals surface area contributed by atoms with Crippen LogP contribution in [-0.2, 0) is 0 Å². The molecule has 0 N–H and O–H groups in total. The van der Waals surface area contributed by atoms with E-state index in [2.05, 4.69) is 0 Å². The summed E-state index contributed by atoms with van der Waals surface area (Å²) in [5, 5.41) is 21.2. The van der Waals surface area contributed by atoms with Gasteiger partial charge in [-0.1, -0.05) is 11.6 Å². The lowest BCUT2D eigenvalue weighted by molar-refractivity contribution is -0.385. The van der Waals surface area contributed by atoms with Crippen molar-refractivity contribution in [3.63, 3.8) is 0 Å². The molecule has 7 nitrogen and oxygen atoms in total. The van der Waals surface area contributed by atoms with Gasteiger partial charge in [-0.15, -0.1) is 0 Å². The zero-order valence-corrected chi connectivity index (χ0v) is 10.6. The first-order chi connectivity index (χ1) is 9.47. The van der Waals surface area contributed by atoms with Gasteiger partial charge in [0.1, 0.15) is 11.5 Å². The molecule has 2 aromatic rings. The van der Waals surface area contributed by atoms with Crippen LogP contribution in [0.2, 0.25) is 5.02 Å². The van der Waals surface area contributed by atoms with Gasteiger partial charge in [0.2, 0.25) is 0 Å².